The molecule has 2 aliphatic carbocycles. The molecule has 1 aromatic rings. The van der Waals surface area contributed by atoms with Crippen LogP contribution in [0.1, 0.15) is 64.9 Å². The van der Waals surface area contributed by atoms with E-state index in [1.54, 1.807) is 12.1 Å². The molecule has 2 aliphatic rings. The molecule has 3 rings (SSSR count). The Balaban J connectivity index is 1.76. The lowest BCUT2D eigenvalue weighted by atomic mass is 9.81. The number of aliphatic hydroxyl groups is 1. The van der Waals surface area contributed by atoms with Crippen LogP contribution in [0.25, 0.3) is 0 Å². The summed E-state index contributed by atoms with van der Waals surface area (Å²) in [5, 5.41) is 15.2. The molecule has 0 bridgehead atoms. The summed E-state index contributed by atoms with van der Waals surface area (Å²) in [6.45, 7) is 5.62. The standard InChI is InChI=1S/C22H29F3N2O3/c1-20(2,3)15-5-4-14(12-16(15)23)26-18(28)17(27-19(29)21(30)10-11-21)13-6-8-22(24,25)9-7-13/h4-5,12-13,17,30H,6-11H2,1-3H3,(H,26,28)(H,27,29). The van der Waals surface area contributed by atoms with Gasteiger partial charge in [0.1, 0.15) is 17.5 Å². The third-order valence-electron chi connectivity index (χ3n) is 5.99. The van der Waals surface area contributed by atoms with Gasteiger partial charge in [-0.25, -0.2) is 13.2 Å². The first-order valence-corrected chi connectivity index (χ1v) is 10.3. The summed E-state index contributed by atoms with van der Waals surface area (Å²) in [4.78, 5) is 25.3. The normalized spacial score (nSPS) is 21.6. The van der Waals surface area contributed by atoms with Crippen LogP contribution in [-0.2, 0) is 15.0 Å². The number of anilines is 1. The minimum atomic E-state index is -2.78. The summed E-state index contributed by atoms with van der Waals surface area (Å²) in [5.41, 5.74) is -1.18. The number of halogens is 3. The zero-order chi connectivity index (χ0) is 22.3. The molecule has 1 atom stereocenters. The van der Waals surface area contributed by atoms with Gasteiger partial charge >= 0.3 is 0 Å². The highest BCUT2D eigenvalue weighted by Gasteiger charge is 2.50. The van der Waals surface area contributed by atoms with Crippen molar-refractivity contribution < 1.29 is 27.9 Å². The molecule has 30 heavy (non-hydrogen) atoms. The van der Waals surface area contributed by atoms with Crippen LogP contribution in [0.15, 0.2) is 18.2 Å². The van der Waals surface area contributed by atoms with Crippen molar-refractivity contribution in [3.05, 3.63) is 29.6 Å². The molecule has 5 nitrogen and oxygen atoms in total. The maximum Gasteiger partial charge on any atom is 0.252 e. The molecule has 1 aromatic carbocycles. The van der Waals surface area contributed by atoms with Crippen molar-refractivity contribution in [1.29, 1.82) is 0 Å². The molecule has 0 aliphatic heterocycles. The van der Waals surface area contributed by atoms with Crippen LogP contribution in [0.5, 0.6) is 0 Å². The van der Waals surface area contributed by atoms with E-state index in [9.17, 15) is 27.9 Å². The van der Waals surface area contributed by atoms with Gasteiger partial charge in [-0.3, -0.25) is 9.59 Å². The molecule has 3 N–H and O–H groups in total. The zero-order valence-electron chi connectivity index (χ0n) is 17.5. The highest BCUT2D eigenvalue weighted by atomic mass is 19.3. The largest absolute Gasteiger partial charge is 0.380 e. The average molecular weight is 426 g/mol. The van der Waals surface area contributed by atoms with Crippen molar-refractivity contribution in [2.75, 3.05) is 5.32 Å². The molecule has 0 heterocycles. The van der Waals surface area contributed by atoms with Gasteiger partial charge in [0.15, 0.2) is 0 Å². The number of rotatable bonds is 5. The lowest BCUT2D eigenvalue weighted by Gasteiger charge is -2.33. The Hall–Kier alpha value is -2.09. The maximum absolute atomic E-state index is 14.5. The van der Waals surface area contributed by atoms with Crippen molar-refractivity contribution in [2.45, 2.75) is 82.3 Å². The van der Waals surface area contributed by atoms with Crippen LogP contribution < -0.4 is 10.6 Å². The van der Waals surface area contributed by atoms with E-state index in [0.717, 1.165) is 0 Å². The van der Waals surface area contributed by atoms with E-state index >= 15 is 0 Å². The summed E-state index contributed by atoms with van der Waals surface area (Å²) in [6.07, 6.45) is 0.0139. The quantitative estimate of drug-likeness (QED) is 0.668. The average Bonchev–Trinajstić information content (AvgIpc) is 3.37. The smallest absolute Gasteiger partial charge is 0.252 e. The summed E-state index contributed by atoms with van der Waals surface area (Å²) in [6, 6.07) is 3.29. The van der Waals surface area contributed by atoms with E-state index in [1.165, 1.54) is 6.07 Å². The van der Waals surface area contributed by atoms with Crippen LogP contribution in [0.3, 0.4) is 0 Å². The third-order valence-corrected chi connectivity index (χ3v) is 5.99. The highest BCUT2D eigenvalue weighted by molar-refractivity contribution is 5.99. The first-order valence-electron chi connectivity index (χ1n) is 10.3. The Morgan fingerprint density at radius 3 is 2.23 bits per heavy atom. The molecule has 0 aromatic heterocycles. The van der Waals surface area contributed by atoms with Crippen molar-refractivity contribution >= 4 is 17.5 Å². The SMILES string of the molecule is CC(C)(C)c1ccc(NC(=O)C(NC(=O)C2(O)CC2)C2CCC(F)(F)CC2)cc1F. The number of amides is 2. The number of carbonyl (C=O) groups is 2. The first-order chi connectivity index (χ1) is 13.8. The zero-order valence-corrected chi connectivity index (χ0v) is 17.5. The minimum Gasteiger partial charge on any atom is -0.380 e. The fraction of sp³-hybridized carbons (Fsp3) is 0.636. The van der Waals surface area contributed by atoms with E-state index in [4.69, 9.17) is 0 Å². The Morgan fingerprint density at radius 1 is 1.13 bits per heavy atom. The Morgan fingerprint density at radius 2 is 1.73 bits per heavy atom. The Kier molecular flexibility index (Phi) is 5.93. The Bertz CT molecular complexity index is 821. The number of hydrogen-bond acceptors (Lipinski definition) is 3. The van der Waals surface area contributed by atoms with Gasteiger partial charge in [-0.2, -0.15) is 0 Å². The molecule has 0 radical (unpaired) electrons. The van der Waals surface area contributed by atoms with Gasteiger partial charge in [0.2, 0.25) is 11.8 Å². The second-order valence-corrected chi connectivity index (χ2v) is 9.61. The fourth-order valence-electron chi connectivity index (χ4n) is 3.84. The van der Waals surface area contributed by atoms with Gasteiger partial charge in [0, 0.05) is 18.5 Å². The lowest BCUT2D eigenvalue weighted by Crippen LogP contribution is -2.53. The topological polar surface area (TPSA) is 78.4 Å². The van der Waals surface area contributed by atoms with Gasteiger partial charge in [-0.15, -0.1) is 0 Å². The molecule has 2 fully saturated rings. The number of carbonyl (C=O) groups excluding carboxylic acids is 2. The van der Waals surface area contributed by atoms with Gasteiger partial charge in [-0.1, -0.05) is 26.8 Å². The van der Waals surface area contributed by atoms with Crippen LogP contribution >= 0.6 is 0 Å². The van der Waals surface area contributed by atoms with E-state index in [-0.39, 0.29) is 31.4 Å². The van der Waals surface area contributed by atoms with Crippen molar-refractivity contribution in [2.24, 2.45) is 5.92 Å². The molecule has 8 heteroatoms. The molecular formula is C22H29F3N2O3. The van der Waals surface area contributed by atoms with Gasteiger partial charge in [-0.05, 0) is 54.7 Å². The second kappa shape index (κ2) is 7.87. The van der Waals surface area contributed by atoms with Crippen LogP contribution in [0.4, 0.5) is 18.9 Å². The predicted molar refractivity (Wildman–Crippen MR) is 107 cm³/mol. The van der Waals surface area contributed by atoms with Gasteiger partial charge < -0.3 is 15.7 Å². The van der Waals surface area contributed by atoms with Crippen LogP contribution in [0.2, 0.25) is 0 Å². The minimum absolute atomic E-state index is 0.0706. The number of hydrogen-bond donors (Lipinski definition) is 3. The van der Waals surface area contributed by atoms with Crippen molar-refractivity contribution in [3.8, 4) is 0 Å². The fourth-order valence-corrected chi connectivity index (χ4v) is 3.84. The van der Waals surface area contributed by atoms with E-state index < -0.39 is 46.5 Å². The molecule has 0 saturated heterocycles. The number of nitrogens with one attached hydrogen (secondary N) is 2. The van der Waals surface area contributed by atoms with Crippen molar-refractivity contribution in [1.82, 2.24) is 5.32 Å². The number of alkyl halides is 2. The molecular weight excluding hydrogens is 397 g/mol. The van der Waals surface area contributed by atoms with Crippen molar-refractivity contribution in [3.63, 3.8) is 0 Å². The van der Waals surface area contributed by atoms with Crippen LogP contribution in [0, 0.1) is 11.7 Å². The second-order valence-electron chi connectivity index (χ2n) is 9.61. The molecule has 0 spiro atoms. The van der Waals surface area contributed by atoms with Crippen LogP contribution in [-0.4, -0.2) is 34.5 Å². The molecule has 166 valence electrons. The lowest BCUT2D eigenvalue weighted by molar-refractivity contribution is -0.136. The van der Waals surface area contributed by atoms with E-state index in [1.807, 2.05) is 20.8 Å². The maximum atomic E-state index is 14.5. The summed E-state index contributed by atoms with van der Waals surface area (Å²) in [5.74, 6) is -5.01. The molecule has 2 amide bonds. The summed E-state index contributed by atoms with van der Waals surface area (Å²) >= 11 is 0. The number of benzene rings is 1. The van der Waals surface area contributed by atoms with Gasteiger partial charge in [0.25, 0.3) is 5.91 Å². The molecule has 2 saturated carbocycles. The third kappa shape index (κ3) is 5.14. The predicted octanol–water partition coefficient (Wildman–Crippen LogP) is 3.90. The monoisotopic (exact) mass is 426 g/mol. The summed E-state index contributed by atoms with van der Waals surface area (Å²) < 4.78 is 41.6. The summed E-state index contributed by atoms with van der Waals surface area (Å²) in [7, 11) is 0. The highest BCUT2D eigenvalue weighted by Crippen LogP contribution is 2.39. The van der Waals surface area contributed by atoms with E-state index in [0.29, 0.717) is 18.4 Å². The first kappa shape index (κ1) is 22.6. The Labute approximate surface area is 174 Å². The van der Waals surface area contributed by atoms with E-state index in [2.05, 4.69) is 10.6 Å². The molecule has 1 unspecified atom stereocenters. The van der Waals surface area contributed by atoms with Gasteiger partial charge in [0.05, 0.1) is 0 Å².